The van der Waals surface area contributed by atoms with E-state index >= 15 is 0 Å². The van der Waals surface area contributed by atoms with Crippen LogP contribution in [0.15, 0.2) is 24.4 Å². The summed E-state index contributed by atoms with van der Waals surface area (Å²) in [6, 6.07) is 0.542. The molecule has 0 spiro atoms. The van der Waals surface area contributed by atoms with Crippen molar-refractivity contribution in [1.29, 1.82) is 0 Å². The zero-order chi connectivity index (χ0) is 13.1. The molecule has 100 valence electrons. The van der Waals surface area contributed by atoms with Crippen LogP contribution in [-0.2, 0) is 4.79 Å². The van der Waals surface area contributed by atoms with Crippen LogP contribution >= 0.6 is 0 Å². The molecule has 2 fully saturated rings. The molecule has 1 heterocycles. The lowest BCUT2D eigenvalue weighted by molar-refractivity contribution is -0.119. The Morgan fingerprint density at radius 2 is 2.22 bits per heavy atom. The third kappa shape index (κ3) is 2.83. The molecule has 2 rings (SSSR count). The van der Waals surface area contributed by atoms with Crippen LogP contribution in [0.5, 0.6) is 0 Å². The SMILES string of the molecule is C=CCN1CCC[C@H]2CC(=O)/C(=C/N(C)C)C[C@@H]21. The Morgan fingerprint density at radius 3 is 2.89 bits per heavy atom. The number of hydrogen-bond donors (Lipinski definition) is 0. The van der Waals surface area contributed by atoms with Gasteiger partial charge in [-0.15, -0.1) is 6.58 Å². The van der Waals surface area contributed by atoms with Crippen LogP contribution in [0.4, 0.5) is 0 Å². The molecule has 0 bridgehead atoms. The Labute approximate surface area is 110 Å². The standard InChI is InChI=1S/C15H24N2O/c1-4-7-17-8-5-6-12-10-15(18)13(9-14(12)17)11-16(2)3/h4,11-12,14H,1,5-10H2,2-3H3/b13-11+/t12-,14-/m0/s1. The lowest BCUT2D eigenvalue weighted by Crippen LogP contribution is -2.48. The maximum Gasteiger partial charge on any atom is 0.160 e. The molecule has 0 aromatic rings. The Hall–Kier alpha value is -1.09. The molecule has 0 aromatic heterocycles. The van der Waals surface area contributed by atoms with Gasteiger partial charge in [-0.25, -0.2) is 0 Å². The Bertz CT molecular complexity index is 354. The van der Waals surface area contributed by atoms with Crippen LogP contribution in [0.1, 0.15) is 25.7 Å². The zero-order valence-electron chi connectivity index (χ0n) is 11.6. The van der Waals surface area contributed by atoms with Crippen LogP contribution in [0.2, 0.25) is 0 Å². The van der Waals surface area contributed by atoms with E-state index in [1.807, 2.05) is 31.3 Å². The van der Waals surface area contributed by atoms with Crippen molar-refractivity contribution in [2.24, 2.45) is 5.92 Å². The second-order valence-electron chi connectivity index (χ2n) is 5.70. The van der Waals surface area contributed by atoms with E-state index in [4.69, 9.17) is 0 Å². The van der Waals surface area contributed by atoms with E-state index in [1.165, 1.54) is 12.8 Å². The molecule has 2 atom stereocenters. The van der Waals surface area contributed by atoms with Gasteiger partial charge in [0.05, 0.1) is 0 Å². The summed E-state index contributed by atoms with van der Waals surface area (Å²) >= 11 is 0. The second kappa shape index (κ2) is 5.70. The van der Waals surface area contributed by atoms with Gasteiger partial charge in [-0.3, -0.25) is 9.69 Å². The lowest BCUT2D eigenvalue weighted by atomic mass is 9.75. The number of nitrogens with zero attached hydrogens (tertiary/aromatic N) is 2. The summed E-state index contributed by atoms with van der Waals surface area (Å²) in [7, 11) is 3.96. The quantitative estimate of drug-likeness (QED) is 0.564. The number of likely N-dealkylation sites (tertiary alicyclic amines) is 1. The smallest absolute Gasteiger partial charge is 0.160 e. The van der Waals surface area contributed by atoms with E-state index < -0.39 is 0 Å². The van der Waals surface area contributed by atoms with Crippen molar-refractivity contribution in [3.8, 4) is 0 Å². The predicted molar refractivity (Wildman–Crippen MR) is 74.3 cm³/mol. The molecular formula is C15H24N2O. The number of carbonyl (C=O) groups is 1. The van der Waals surface area contributed by atoms with Crippen LogP contribution in [-0.4, -0.2) is 48.8 Å². The van der Waals surface area contributed by atoms with Gasteiger partial charge < -0.3 is 4.90 Å². The van der Waals surface area contributed by atoms with Crippen molar-refractivity contribution < 1.29 is 4.79 Å². The first-order chi connectivity index (χ1) is 8.61. The molecule has 1 saturated carbocycles. The van der Waals surface area contributed by atoms with Crippen molar-refractivity contribution in [2.45, 2.75) is 31.7 Å². The molecule has 0 aromatic carbocycles. The highest BCUT2D eigenvalue weighted by Gasteiger charge is 2.37. The summed E-state index contributed by atoms with van der Waals surface area (Å²) < 4.78 is 0. The maximum atomic E-state index is 12.1. The number of carbonyl (C=O) groups excluding carboxylic acids is 1. The topological polar surface area (TPSA) is 23.6 Å². The van der Waals surface area contributed by atoms with Gasteiger partial charge in [0.2, 0.25) is 0 Å². The van der Waals surface area contributed by atoms with E-state index in [1.54, 1.807) is 0 Å². The number of rotatable bonds is 3. The monoisotopic (exact) mass is 248 g/mol. The van der Waals surface area contributed by atoms with Gasteiger partial charge in [-0.2, -0.15) is 0 Å². The van der Waals surface area contributed by atoms with E-state index in [-0.39, 0.29) is 0 Å². The molecule has 3 nitrogen and oxygen atoms in total. The molecule has 1 aliphatic carbocycles. The Kier molecular flexibility index (Phi) is 4.23. The average Bonchev–Trinajstić information content (AvgIpc) is 2.31. The van der Waals surface area contributed by atoms with Gasteiger partial charge in [0.1, 0.15) is 0 Å². The molecule has 1 aliphatic heterocycles. The summed E-state index contributed by atoms with van der Waals surface area (Å²) in [6.45, 7) is 5.94. The summed E-state index contributed by atoms with van der Waals surface area (Å²) in [4.78, 5) is 16.6. The third-order valence-electron chi connectivity index (χ3n) is 4.05. The van der Waals surface area contributed by atoms with Gasteiger partial charge in [0, 0.05) is 44.9 Å². The minimum atomic E-state index is 0.352. The van der Waals surface area contributed by atoms with Gasteiger partial charge in [-0.05, 0) is 31.7 Å². The molecule has 0 radical (unpaired) electrons. The molecule has 0 N–H and O–H groups in total. The molecular weight excluding hydrogens is 224 g/mol. The van der Waals surface area contributed by atoms with Gasteiger partial charge in [0.15, 0.2) is 5.78 Å². The van der Waals surface area contributed by atoms with E-state index in [2.05, 4.69) is 11.5 Å². The normalized spacial score (nSPS) is 31.2. The summed E-state index contributed by atoms with van der Waals surface area (Å²) in [5.41, 5.74) is 0.997. The van der Waals surface area contributed by atoms with Crippen molar-refractivity contribution in [3.05, 3.63) is 24.4 Å². The Balaban J connectivity index is 2.14. The van der Waals surface area contributed by atoms with Crippen LogP contribution in [0.3, 0.4) is 0 Å². The van der Waals surface area contributed by atoms with Crippen LogP contribution < -0.4 is 0 Å². The van der Waals surface area contributed by atoms with Crippen molar-refractivity contribution in [1.82, 2.24) is 9.80 Å². The van der Waals surface area contributed by atoms with Crippen LogP contribution in [0, 0.1) is 5.92 Å². The first kappa shape index (κ1) is 13.3. The van der Waals surface area contributed by atoms with Gasteiger partial charge >= 0.3 is 0 Å². The molecule has 2 aliphatic rings. The fourth-order valence-electron chi connectivity index (χ4n) is 3.28. The van der Waals surface area contributed by atoms with E-state index in [0.717, 1.165) is 31.5 Å². The number of Topliss-reactive ketones (excluding diaryl/α,β-unsaturated/α-hetero) is 1. The highest BCUT2D eigenvalue weighted by Crippen LogP contribution is 2.36. The Morgan fingerprint density at radius 1 is 1.44 bits per heavy atom. The lowest BCUT2D eigenvalue weighted by Gasteiger charge is -2.44. The number of fused-ring (bicyclic) bond motifs is 1. The summed E-state index contributed by atoms with van der Waals surface area (Å²) in [6.07, 6.45) is 8.05. The molecule has 3 heteroatoms. The highest BCUT2D eigenvalue weighted by molar-refractivity contribution is 5.96. The largest absolute Gasteiger partial charge is 0.383 e. The van der Waals surface area contributed by atoms with E-state index in [0.29, 0.717) is 17.7 Å². The van der Waals surface area contributed by atoms with Crippen LogP contribution in [0.25, 0.3) is 0 Å². The third-order valence-corrected chi connectivity index (χ3v) is 4.05. The predicted octanol–water partition coefficient (Wildman–Crippen LogP) is 2.06. The maximum absolute atomic E-state index is 12.1. The van der Waals surface area contributed by atoms with Crippen molar-refractivity contribution in [2.75, 3.05) is 27.2 Å². The molecule has 18 heavy (non-hydrogen) atoms. The van der Waals surface area contributed by atoms with E-state index in [9.17, 15) is 4.79 Å². The first-order valence-corrected chi connectivity index (χ1v) is 6.87. The van der Waals surface area contributed by atoms with Gasteiger partial charge in [-0.1, -0.05) is 6.08 Å². The number of piperidine rings is 1. The number of hydrogen-bond acceptors (Lipinski definition) is 3. The second-order valence-corrected chi connectivity index (χ2v) is 5.70. The fraction of sp³-hybridized carbons (Fsp3) is 0.667. The molecule has 0 amide bonds. The van der Waals surface area contributed by atoms with Crippen molar-refractivity contribution >= 4 is 5.78 Å². The average molecular weight is 248 g/mol. The summed E-state index contributed by atoms with van der Waals surface area (Å²) in [5, 5.41) is 0. The van der Waals surface area contributed by atoms with Crippen molar-refractivity contribution in [3.63, 3.8) is 0 Å². The first-order valence-electron chi connectivity index (χ1n) is 6.87. The minimum absolute atomic E-state index is 0.352. The van der Waals surface area contributed by atoms with Gasteiger partial charge in [0.25, 0.3) is 0 Å². The highest BCUT2D eigenvalue weighted by atomic mass is 16.1. The summed E-state index contributed by atoms with van der Waals surface area (Å²) in [5.74, 6) is 0.913. The molecule has 1 saturated heterocycles. The minimum Gasteiger partial charge on any atom is -0.383 e. The fourth-order valence-corrected chi connectivity index (χ4v) is 3.28. The molecule has 0 unspecified atom stereocenters. The zero-order valence-corrected chi connectivity index (χ0v) is 11.6. The number of ketones is 1.